The van der Waals surface area contributed by atoms with E-state index in [0.29, 0.717) is 0 Å². The summed E-state index contributed by atoms with van der Waals surface area (Å²) in [5, 5.41) is 10.1. The molecule has 9 heteroatoms. The molecule has 0 spiro atoms. The van der Waals surface area contributed by atoms with E-state index in [1.807, 2.05) is 0 Å². The van der Waals surface area contributed by atoms with E-state index in [9.17, 15) is 31.5 Å². The number of hydrogen-bond donors (Lipinski definition) is 2. The van der Waals surface area contributed by atoms with Gasteiger partial charge in [-0.3, -0.25) is 4.79 Å². The van der Waals surface area contributed by atoms with Crippen molar-refractivity contribution in [2.24, 2.45) is 0 Å². The fourth-order valence-electron chi connectivity index (χ4n) is 1.48. The molecule has 1 rings (SSSR count). The van der Waals surface area contributed by atoms with Gasteiger partial charge in [-0.05, 0) is 5.56 Å². The predicted octanol–water partition coefficient (Wildman–Crippen LogP) is 2.30. The maximum Gasteiger partial charge on any atom is 0.471 e. The molecular formula is C12H10F5NO3. The molecule has 0 fully saturated rings. The molecule has 0 aliphatic rings. The Morgan fingerprint density at radius 3 is 2.05 bits per heavy atom. The summed E-state index contributed by atoms with van der Waals surface area (Å²) >= 11 is 0. The van der Waals surface area contributed by atoms with Gasteiger partial charge in [-0.25, -0.2) is 13.6 Å². The molecule has 0 heterocycles. The highest BCUT2D eigenvalue weighted by atomic mass is 19.4. The molecule has 4 nitrogen and oxygen atoms in total. The summed E-state index contributed by atoms with van der Waals surface area (Å²) < 4.78 is 60.8. The molecule has 0 aromatic heterocycles. The normalized spacial score (nSPS) is 13.0. The zero-order valence-electron chi connectivity index (χ0n) is 10.3. The van der Waals surface area contributed by atoms with Crippen LogP contribution in [0, 0.1) is 0 Å². The van der Waals surface area contributed by atoms with Gasteiger partial charge in [-0.15, -0.1) is 0 Å². The van der Waals surface area contributed by atoms with E-state index in [-0.39, 0.29) is 11.1 Å². The summed E-state index contributed by atoms with van der Waals surface area (Å²) in [6.07, 6.45) is -8.37. The lowest BCUT2D eigenvalue weighted by Crippen LogP contribution is -2.47. The van der Waals surface area contributed by atoms with Crippen LogP contribution in [0.1, 0.15) is 17.6 Å². The number of carboxylic acids is 1. The van der Waals surface area contributed by atoms with Crippen LogP contribution in [0.15, 0.2) is 24.3 Å². The second kappa shape index (κ2) is 6.51. The van der Waals surface area contributed by atoms with Crippen molar-refractivity contribution in [3.63, 3.8) is 0 Å². The van der Waals surface area contributed by atoms with E-state index in [0.717, 1.165) is 24.3 Å². The van der Waals surface area contributed by atoms with Crippen LogP contribution in [0.5, 0.6) is 0 Å². The largest absolute Gasteiger partial charge is 0.480 e. The van der Waals surface area contributed by atoms with Gasteiger partial charge < -0.3 is 10.4 Å². The van der Waals surface area contributed by atoms with Crippen LogP contribution in [-0.2, 0) is 16.0 Å². The molecule has 0 aliphatic heterocycles. The van der Waals surface area contributed by atoms with Crippen molar-refractivity contribution in [1.82, 2.24) is 5.32 Å². The van der Waals surface area contributed by atoms with Crippen molar-refractivity contribution >= 4 is 11.9 Å². The second-order valence-electron chi connectivity index (χ2n) is 4.11. The summed E-state index contributed by atoms with van der Waals surface area (Å²) in [4.78, 5) is 21.6. The lowest BCUT2D eigenvalue weighted by atomic mass is 10.0. The molecule has 0 radical (unpaired) electrons. The third-order valence-corrected chi connectivity index (χ3v) is 2.53. The van der Waals surface area contributed by atoms with Gasteiger partial charge in [-0.2, -0.15) is 13.2 Å². The Hall–Kier alpha value is -2.19. The highest BCUT2D eigenvalue weighted by Gasteiger charge is 2.40. The van der Waals surface area contributed by atoms with Crippen LogP contribution in [0.4, 0.5) is 22.0 Å². The van der Waals surface area contributed by atoms with E-state index in [4.69, 9.17) is 5.11 Å². The summed E-state index contributed by atoms with van der Waals surface area (Å²) in [5.41, 5.74) is -0.0979. The number of carbonyl (C=O) groups excluding carboxylic acids is 1. The summed E-state index contributed by atoms with van der Waals surface area (Å²) in [6.45, 7) is 0. The molecule has 0 saturated heterocycles. The fraction of sp³-hybridized carbons (Fsp3) is 0.333. The molecule has 1 aromatic carbocycles. The maximum absolute atomic E-state index is 12.3. The second-order valence-corrected chi connectivity index (χ2v) is 4.11. The van der Waals surface area contributed by atoms with Crippen LogP contribution in [0.25, 0.3) is 0 Å². The van der Waals surface area contributed by atoms with Crippen molar-refractivity contribution in [2.45, 2.75) is 25.1 Å². The minimum absolute atomic E-state index is 0.203. The molecule has 2 N–H and O–H groups in total. The van der Waals surface area contributed by atoms with Crippen molar-refractivity contribution in [1.29, 1.82) is 0 Å². The van der Waals surface area contributed by atoms with Gasteiger partial charge in [0.2, 0.25) is 0 Å². The van der Waals surface area contributed by atoms with E-state index in [1.54, 1.807) is 0 Å². The van der Waals surface area contributed by atoms with E-state index in [2.05, 4.69) is 0 Å². The summed E-state index contributed by atoms with van der Waals surface area (Å²) in [7, 11) is 0. The van der Waals surface area contributed by atoms with Crippen LogP contribution in [-0.4, -0.2) is 29.2 Å². The molecule has 21 heavy (non-hydrogen) atoms. The Bertz CT molecular complexity index is 513. The number of alkyl halides is 5. The predicted molar refractivity (Wildman–Crippen MR) is 60.7 cm³/mol. The van der Waals surface area contributed by atoms with E-state index in [1.165, 1.54) is 5.32 Å². The number of halogens is 5. The third kappa shape index (κ3) is 5.01. The Morgan fingerprint density at radius 1 is 1.14 bits per heavy atom. The first-order valence-electron chi connectivity index (χ1n) is 5.58. The van der Waals surface area contributed by atoms with Crippen molar-refractivity contribution < 1.29 is 36.6 Å². The number of nitrogens with one attached hydrogen (secondary N) is 1. The van der Waals surface area contributed by atoms with Crippen molar-refractivity contribution in [3.05, 3.63) is 35.4 Å². The van der Waals surface area contributed by atoms with E-state index < -0.39 is 36.9 Å². The van der Waals surface area contributed by atoms with Gasteiger partial charge in [0.25, 0.3) is 6.43 Å². The lowest BCUT2D eigenvalue weighted by molar-refractivity contribution is -0.175. The highest BCUT2D eigenvalue weighted by Crippen LogP contribution is 2.19. The average Bonchev–Trinajstić information content (AvgIpc) is 2.37. The number of carbonyl (C=O) groups is 2. The standard InChI is InChI=1S/C12H10F5NO3/c13-9(14)7-3-1-6(2-4-7)5-8(10(19)20)18-11(21)12(15,16)17/h1-4,8-9H,5H2,(H,18,21)(H,19,20). The topological polar surface area (TPSA) is 66.4 Å². The molecule has 1 amide bonds. The molecule has 1 atom stereocenters. The molecule has 1 unspecified atom stereocenters. The number of hydrogen-bond acceptors (Lipinski definition) is 2. The minimum atomic E-state index is -5.20. The van der Waals surface area contributed by atoms with Gasteiger partial charge in [-0.1, -0.05) is 24.3 Å². The van der Waals surface area contributed by atoms with Crippen LogP contribution in [0.3, 0.4) is 0 Å². The first kappa shape index (κ1) is 16.9. The van der Waals surface area contributed by atoms with Crippen molar-refractivity contribution in [2.75, 3.05) is 0 Å². The number of carboxylic acid groups (broad SMARTS) is 1. The Labute approximate surface area is 115 Å². The Morgan fingerprint density at radius 2 is 1.67 bits per heavy atom. The van der Waals surface area contributed by atoms with Gasteiger partial charge in [0.15, 0.2) is 0 Å². The first-order chi connectivity index (χ1) is 9.61. The molecule has 0 saturated carbocycles. The van der Waals surface area contributed by atoms with Gasteiger partial charge in [0, 0.05) is 12.0 Å². The van der Waals surface area contributed by atoms with Crippen LogP contribution >= 0.6 is 0 Å². The molecule has 0 aliphatic carbocycles. The molecule has 1 aromatic rings. The zero-order valence-corrected chi connectivity index (χ0v) is 10.3. The lowest BCUT2D eigenvalue weighted by Gasteiger charge is -2.16. The third-order valence-electron chi connectivity index (χ3n) is 2.53. The van der Waals surface area contributed by atoms with Crippen LogP contribution in [0.2, 0.25) is 0 Å². The zero-order chi connectivity index (χ0) is 16.2. The van der Waals surface area contributed by atoms with Gasteiger partial charge in [0.1, 0.15) is 6.04 Å². The van der Waals surface area contributed by atoms with Crippen molar-refractivity contribution in [3.8, 4) is 0 Å². The maximum atomic E-state index is 12.3. The smallest absolute Gasteiger partial charge is 0.471 e. The number of benzene rings is 1. The minimum Gasteiger partial charge on any atom is -0.480 e. The summed E-state index contributed by atoms with van der Waals surface area (Å²) in [6, 6.07) is 2.58. The number of amides is 1. The van der Waals surface area contributed by atoms with E-state index >= 15 is 0 Å². The van der Waals surface area contributed by atoms with Crippen LogP contribution < -0.4 is 5.32 Å². The average molecular weight is 311 g/mol. The van der Waals surface area contributed by atoms with Gasteiger partial charge >= 0.3 is 18.1 Å². The molecular weight excluding hydrogens is 301 g/mol. The van der Waals surface area contributed by atoms with Gasteiger partial charge in [0.05, 0.1) is 0 Å². The summed E-state index contributed by atoms with van der Waals surface area (Å²) in [5.74, 6) is -4.04. The quantitative estimate of drug-likeness (QED) is 0.820. The monoisotopic (exact) mass is 311 g/mol. The highest BCUT2D eigenvalue weighted by molar-refractivity contribution is 5.87. The molecule has 0 bridgehead atoms. The Kier molecular flexibility index (Phi) is 5.23. The number of rotatable bonds is 5. The molecule has 116 valence electrons. The Balaban J connectivity index is 2.79. The fourth-order valence-corrected chi connectivity index (χ4v) is 1.48. The SMILES string of the molecule is O=C(O)C(Cc1ccc(C(F)F)cc1)NC(=O)C(F)(F)F. The first-order valence-corrected chi connectivity index (χ1v) is 5.58. The number of aliphatic carboxylic acids is 1.